The highest BCUT2D eigenvalue weighted by Crippen LogP contribution is 2.61. The van der Waals surface area contributed by atoms with Crippen LogP contribution in [0.4, 0.5) is 0 Å². The van der Waals surface area contributed by atoms with Crippen LogP contribution < -0.4 is 0 Å². The van der Waals surface area contributed by atoms with Gasteiger partial charge in [0.1, 0.15) is 0 Å². The van der Waals surface area contributed by atoms with Crippen LogP contribution in [-0.2, 0) is 9.53 Å². The Bertz CT molecular complexity index is 255. The van der Waals surface area contributed by atoms with Crippen LogP contribution in [0, 0.1) is 23.2 Å². The van der Waals surface area contributed by atoms with Crippen molar-refractivity contribution in [2.75, 3.05) is 6.61 Å². The van der Waals surface area contributed by atoms with Crippen LogP contribution in [0.1, 0.15) is 46.5 Å². The summed E-state index contributed by atoms with van der Waals surface area (Å²) in [5.41, 5.74) is 0.555. The number of carbonyl (C=O) groups excluding carboxylic acids is 1. The summed E-state index contributed by atoms with van der Waals surface area (Å²) in [6.07, 6.45) is 5.21. The van der Waals surface area contributed by atoms with Crippen LogP contribution >= 0.6 is 0 Å². The van der Waals surface area contributed by atoms with Gasteiger partial charge in [-0.05, 0) is 48.9 Å². The van der Waals surface area contributed by atoms with Gasteiger partial charge in [-0.1, -0.05) is 13.8 Å². The summed E-state index contributed by atoms with van der Waals surface area (Å²) in [6.45, 7) is 6.93. The van der Waals surface area contributed by atoms with Gasteiger partial charge in [-0.3, -0.25) is 4.79 Å². The van der Waals surface area contributed by atoms with E-state index in [1.54, 1.807) is 0 Å². The molecule has 2 bridgehead atoms. The van der Waals surface area contributed by atoms with Crippen molar-refractivity contribution in [2.45, 2.75) is 46.5 Å². The van der Waals surface area contributed by atoms with Gasteiger partial charge in [0.05, 0.1) is 6.61 Å². The van der Waals surface area contributed by atoms with E-state index in [9.17, 15) is 4.79 Å². The summed E-state index contributed by atoms with van der Waals surface area (Å²) >= 11 is 0. The predicted molar refractivity (Wildman–Crippen MR) is 59.4 cm³/mol. The average Bonchev–Trinajstić information content (AvgIpc) is 2.17. The summed E-state index contributed by atoms with van der Waals surface area (Å²) in [4.78, 5) is 10.7. The van der Waals surface area contributed by atoms with E-state index in [1.165, 1.54) is 26.2 Å². The molecular formula is C13H22O2. The smallest absolute Gasteiger partial charge is 0.302 e. The minimum absolute atomic E-state index is 0.142. The number of esters is 1. The van der Waals surface area contributed by atoms with Crippen molar-refractivity contribution >= 4 is 5.97 Å². The van der Waals surface area contributed by atoms with Gasteiger partial charge in [-0.15, -0.1) is 0 Å². The van der Waals surface area contributed by atoms with Gasteiger partial charge in [-0.2, -0.15) is 0 Å². The molecule has 3 aliphatic carbocycles. The summed E-state index contributed by atoms with van der Waals surface area (Å²) in [5, 5.41) is 0. The Balaban J connectivity index is 1.81. The highest BCUT2D eigenvalue weighted by Gasteiger charge is 2.53. The van der Waals surface area contributed by atoms with Crippen molar-refractivity contribution in [1.29, 1.82) is 0 Å². The van der Waals surface area contributed by atoms with Gasteiger partial charge in [0.15, 0.2) is 0 Å². The molecule has 0 amide bonds. The van der Waals surface area contributed by atoms with Crippen molar-refractivity contribution in [1.82, 2.24) is 0 Å². The molecule has 0 aromatic carbocycles. The quantitative estimate of drug-likeness (QED) is 0.669. The standard InChI is InChI=1S/C13H22O2/c1-9(14)15-7-6-10-4-5-11-8-12(10)13(11,2)3/h10-12H,4-8H2,1-3H3/t10-,11+,12+/m0/s1. The fourth-order valence-corrected chi connectivity index (χ4v) is 3.66. The average molecular weight is 210 g/mol. The molecule has 15 heavy (non-hydrogen) atoms. The molecule has 0 unspecified atom stereocenters. The Morgan fingerprint density at radius 2 is 2.13 bits per heavy atom. The molecular weight excluding hydrogens is 188 g/mol. The molecule has 0 saturated heterocycles. The Kier molecular flexibility index (Phi) is 2.78. The van der Waals surface area contributed by atoms with Gasteiger partial charge in [-0.25, -0.2) is 0 Å². The zero-order chi connectivity index (χ0) is 11.1. The molecule has 0 N–H and O–H groups in total. The van der Waals surface area contributed by atoms with E-state index in [4.69, 9.17) is 4.74 Å². The van der Waals surface area contributed by atoms with Crippen LogP contribution in [0.3, 0.4) is 0 Å². The first-order chi connectivity index (χ1) is 7.01. The molecule has 3 atom stereocenters. The third-order valence-electron chi connectivity index (χ3n) is 4.80. The van der Waals surface area contributed by atoms with E-state index in [1.807, 2.05) is 0 Å². The van der Waals surface area contributed by atoms with Crippen LogP contribution in [0.5, 0.6) is 0 Å². The topological polar surface area (TPSA) is 26.3 Å². The molecule has 2 heteroatoms. The molecule has 3 fully saturated rings. The van der Waals surface area contributed by atoms with E-state index in [-0.39, 0.29) is 5.97 Å². The van der Waals surface area contributed by atoms with Gasteiger partial charge in [0.2, 0.25) is 0 Å². The first kappa shape index (κ1) is 11.0. The number of ether oxygens (including phenoxy) is 1. The summed E-state index contributed by atoms with van der Waals surface area (Å²) in [5.74, 6) is 2.50. The van der Waals surface area contributed by atoms with E-state index in [0.29, 0.717) is 12.0 Å². The molecule has 3 rings (SSSR count). The van der Waals surface area contributed by atoms with E-state index < -0.39 is 0 Å². The summed E-state index contributed by atoms with van der Waals surface area (Å²) < 4.78 is 5.04. The molecule has 86 valence electrons. The molecule has 3 aliphatic rings. The molecule has 0 aliphatic heterocycles. The molecule has 0 radical (unpaired) electrons. The Labute approximate surface area is 92.4 Å². The molecule has 0 aromatic heterocycles. The lowest BCUT2D eigenvalue weighted by molar-refractivity contribution is -0.144. The van der Waals surface area contributed by atoms with Crippen LogP contribution in [0.25, 0.3) is 0 Å². The van der Waals surface area contributed by atoms with Crippen molar-refractivity contribution in [3.63, 3.8) is 0 Å². The number of hydrogen-bond acceptors (Lipinski definition) is 2. The SMILES string of the molecule is CC(=O)OCC[C@@H]1CC[C@@H]2C[C@H]1C2(C)C. The minimum atomic E-state index is -0.142. The maximum absolute atomic E-state index is 10.7. The van der Waals surface area contributed by atoms with E-state index in [0.717, 1.165) is 24.2 Å². The van der Waals surface area contributed by atoms with Gasteiger partial charge < -0.3 is 4.74 Å². The molecule has 0 heterocycles. The Morgan fingerprint density at radius 1 is 1.40 bits per heavy atom. The second-order valence-electron chi connectivity index (χ2n) is 5.83. The number of hydrogen-bond donors (Lipinski definition) is 0. The first-order valence-electron chi connectivity index (χ1n) is 6.15. The summed E-state index contributed by atoms with van der Waals surface area (Å²) in [6, 6.07) is 0. The predicted octanol–water partition coefficient (Wildman–Crippen LogP) is 3.01. The lowest BCUT2D eigenvalue weighted by Crippen LogP contribution is -2.52. The largest absolute Gasteiger partial charge is 0.466 e. The third-order valence-corrected chi connectivity index (χ3v) is 4.80. The molecule has 0 spiro atoms. The first-order valence-corrected chi connectivity index (χ1v) is 6.15. The summed E-state index contributed by atoms with van der Waals surface area (Å²) in [7, 11) is 0. The number of rotatable bonds is 3. The minimum Gasteiger partial charge on any atom is -0.466 e. The maximum atomic E-state index is 10.7. The van der Waals surface area contributed by atoms with Gasteiger partial charge in [0, 0.05) is 6.92 Å². The Hall–Kier alpha value is -0.530. The maximum Gasteiger partial charge on any atom is 0.302 e. The molecule has 2 nitrogen and oxygen atoms in total. The van der Waals surface area contributed by atoms with Crippen LogP contribution in [-0.4, -0.2) is 12.6 Å². The monoisotopic (exact) mass is 210 g/mol. The van der Waals surface area contributed by atoms with Crippen molar-refractivity contribution in [2.24, 2.45) is 23.2 Å². The second-order valence-corrected chi connectivity index (χ2v) is 5.83. The van der Waals surface area contributed by atoms with Crippen molar-refractivity contribution in [3.05, 3.63) is 0 Å². The van der Waals surface area contributed by atoms with Crippen LogP contribution in [0.15, 0.2) is 0 Å². The van der Waals surface area contributed by atoms with Crippen molar-refractivity contribution < 1.29 is 9.53 Å². The fourth-order valence-electron chi connectivity index (χ4n) is 3.66. The highest BCUT2D eigenvalue weighted by atomic mass is 16.5. The molecule has 3 saturated carbocycles. The van der Waals surface area contributed by atoms with Crippen molar-refractivity contribution in [3.8, 4) is 0 Å². The molecule has 0 aromatic rings. The zero-order valence-electron chi connectivity index (χ0n) is 10.1. The fraction of sp³-hybridized carbons (Fsp3) is 0.923. The van der Waals surface area contributed by atoms with E-state index >= 15 is 0 Å². The van der Waals surface area contributed by atoms with Crippen LogP contribution in [0.2, 0.25) is 0 Å². The normalized spacial score (nSPS) is 36.9. The number of fused-ring (bicyclic) bond motifs is 2. The number of carbonyl (C=O) groups is 1. The third kappa shape index (κ3) is 1.91. The van der Waals surface area contributed by atoms with E-state index in [2.05, 4.69) is 13.8 Å². The van der Waals surface area contributed by atoms with Gasteiger partial charge in [0.25, 0.3) is 0 Å². The lowest BCUT2D eigenvalue weighted by atomic mass is 9.45. The van der Waals surface area contributed by atoms with Gasteiger partial charge >= 0.3 is 5.97 Å². The highest BCUT2D eigenvalue weighted by molar-refractivity contribution is 5.65. The second kappa shape index (κ2) is 3.80. The zero-order valence-corrected chi connectivity index (χ0v) is 10.1. The lowest BCUT2D eigenvalue weighted by Gasteiger charge is -2.60. The Morgan fingerprint density at radius 3 is 2.67 bits per heavy atom.